The summed E-state index contributed by atoms with van der Waals surface area (Å²) in [4.78, 5) is 25.1. The first-order valence-corrected chi connectivity index (χ1v) is 7.54. The molecule has 0 spiro atoms. The number of hydrogen-bond donors (Lipinski definition) is 1. The lowest BCUT2D eigenvalue weighted by atomic mass is 10.2. The van der Waals surface area contributed by atoms with E-state index in [-0.39, 0.29) is 11.7 Å². The fraction of sp³-hybridized carbons (Fsp3) is 0.143. The fourth-order valence-electron chi connectivity index (χ4n) is 1.71. The number of carbonyl (C=O) groups is 1. The smallest absolute Gasteiger partial charge is 0.254 e. The van der Waals surface area contributed by atoms with Crippen molar-refractivity contribution in [2.75, 3.05) is 5.75 Å². The average Bonchev–Trinajstić information content (AvgIpc) is 2.97. The van der Waals surface area contributed by atoms with Gasteiger partial charge in [-0.3, -0.25) is 9.63 Å². The highest BCUT2D eigenvalue weighted by Crippen LogP contribution is 2.12. The molecule has 1 N–H and O–H groups in total. The summed E-state index contributed by atoms with van der Waals surface area (Å²) in [5.74, 6) is 0.435. The summed E-state index contributed by atoms with van der Waals surface area (Å²) in [6.07, 6.45) is 3.39. The molecule has 0 aliphatic carbocycles. The summed E-state index contributed by atoms with van der Waals surface area (Å²) in [5, 5.41) is 4.69. The number of amides is 1. The van der Waals surface area contributed by atoms with Crippen molar-refractivity contribution in [3.63, 3.8) is 0 Å². The lowest BCUT2D eigenvalue weighted by Crippen LogP contribution is -2.25. The Hall–Kier alpha value is -2.45. The van der Waals surface area contributed by atoms with Crippen molar-refractivity contribution in [3.05, 3.63) is 54.4 Å². The van der Waals surface area contributed by atoms with Gasteiger partial charge in [0.25, 0.3) is 11.7 Å². The maximum atomic E-state index is 11.7. The van der Waals surface area contributed by atoms with Crippen molar-refractivity contribution in [1.82, 2.24) is 25.1 Å². The van der Waals surface area contributed by atoms with Gasteiger partial charge in [0, 0.05) is 12.4 Å². The second kappa shape index (κ2) is 7.01. The van der Waals surface area contributed by atoms with Crippen LogP contribution >= 0.6 is 11.8 Å². The molecule has 3 aromatic rings. The van der Waals surface area contributed by atoms with E-state index in [1.165, 1.54) is 11.8 Å². The number of aromatic nitrogens is 4. The van der Waals surface area contributed by atoms with Gasteiger partial charge in [0.05, 0.1) is 12.4 Å². The molecular weight excluding hydrogens is 302 g/mol. The largest absolute Gasteiger partial charge is 0.272 e. The predicted molar refractivity (Wildman–Crippen MR) is 80.9 cm³/mol. The molecule has 2 heterocycles. The Kier molecular flexibility index (Phi) is 4.62. The van der Waals surface area contributed by atoms with Gasteiger partial charge in [-0.25, -0.2) is 15.0 Å². The minimum absolute atomic E-state index is 0.172. The molecule has 0 fully saturated rings. The first-order chi connectivity index (χ1) is 10.8. The van der Waals surface area contributed by atoms with Gasteiger partial charge >= 0.3 is 0 Å². The second-order valence-corrected chi connectivity index (χ2v) is 5.29. The van der Waals surface area contributed by atoms with E-state index < -0.39 is 0 Å². The normalized spacial score (nSPS) is 10.7. The van der Waals surface area contributed by atoms with E-state index in [4.69, 9.17) is 4.84 Å². The molecule has 0 saturated carbocycles. The second-order valence-electron chi connectivity index (χ2n) is 4.35. The molecule has 1 aromatic carbocycles. The number of nitrogens with one attached hydrogen (secondary N) is 1. The summed E-state index contributed by atoms with van der Waals surface area (Å²) >= 11 is 1.23. The van der Waals surface area contributed by atoms with Crippen LogP contribution in [0.3, 0.4) is 0 Å². The zero-order chi connectivity index (χ0) is 15.2. The quantitative estimate of drug-likeness (QED) is 0.548. The van der Waals surface area contributed by atoms with E-state index in [0.29, 0.717) is 17.5 Å². The van der Waals surface area contributed by atoms with E-state index in [0.717, 1.165) is 5.56 Å². The molecule has 112 valence electrons. The molecule has 0 aliphatic rings. The topological polar surface area (TPSA) is 81.4 Å². The Morgan fingerprint density at radius 3 is 2.95 bits per heavy atom. The third-order valence-electron chi connectivity index (χ3n) is 2.70. The van der Waals surface area contributed by atoms with Crippen LogP contribution in [0.4, 0.5) is 0 Å². The summed E-state index contributed by atoms with van der Waals surface area (Å²) in [7, 11) is 0. The maximum absolute atomic E-state index is 11.7. The zero-order valence-electron chi connectivity index (χ0n) is 11.5. The zero-order valence-corrected chi connectivity index (χ0v) is 12.4. The summed E-state index contributed by atoms with van der Waals surface area (Å²) in [5.41, 5.74) is 3.39. The number of thioether (sulfide) groups is 1. The Labute approximate surface area is 130 Å². The Morgan fingerprint density at radius 1 is 1.27 bits per heavy atom. The van der Waals surface area contributed by atoms with E-state index >= 15 is 0 Å². The Morgan fingerprint density at radius 2 is 2.14 bits per heavy atom. The van der Waals surface area contributed by atoms with Crippen LogP contribution < -0.4 is 5.48 Å². The lowest BCUT2D eigenvalue weighted by molar-refractivity contribution is -0.131. The Balaban J connectivity index is 1.44. The van der Waals surface area contributed by atoms with E-state index in [2.05, 4.69) is 20.5 Å². The molecule has 0 bridgehead atoms. The minimum Gasteiger partial charge on any atom is -0.272 e. The van der Waals surface area contributed by atoms with E-state index in [9.17, 15) is 4.79 Å². The Bertz CT molecular complexity index is 729. The molecule has 0 saturated heterocycles. The van der Waals surface area contributed by atoms with Crippen LogP contribution in [0, 0.1) is 0 Å². The van der Waals surface area contributed by atoms with Gasteiger partial charge in [-0.1, -0.05) is 42.1 Å². The minimum atomic E-state index is -0.243. The molecule has 8 heteroatoms. The summed E-state index contributed by atoms with van der Waals surface area (Å²) in [6.45, 7) is 0.327. The van der Waals surface area contributed by atoms with Gasteiger partial charge in [0.2, 0.25) is 5.16 Å². The lowest BCUT2D eigenvalue weighted by Gasteiger charge is -2.04. The third kappa shape index (κ3) is 3.80. The van der Waals surface area contributed by atoms with E-state index in [1.54, 1.807) is 23.0 Å². The van der Waals surface area contributed by atoms with Crippen molar-refractivity contribution < 1.29 is 9.63 Å². The first-order valence-electron chi connectivity index (χ1n) is 6.56. The van der Waals surface area contributed by atoms with Gasteiger partial charge in [0.1, 0.15) is 0 Å². The molecule has 2 aromatic heterocycles. The number of fused-ring (bicyclic) bond motifs is 1. The van der Waals surface area contributed by atoms with Gasteiger partial charge in [-0.15, -0.1) is 5.10 Å². The van der Waals surface area contributed by atoms with Crippen LogP contribution in [0.15, 0.2) is 53.9 Å². The molecular formula is C14H13N5O2S. The predicted octanol–water partition coefficient (Wildman–Crippen LogP) is 1.46. The number of rotatable bonds is 6. The fourth-order valence-corrected chi connectivity index (χ4v) is 2.32. The van der Waals surface area contributed by atoms with Gasteiger partial charge < -0.3 is 0 Å². The molecule has 0 aliphatic heterocycles. The maximum Gasteiger partial charge on any atom is 0.254 e. The summed E-state index contributed by atoms with van der Waals surface area (Å²) < 4.78 is 1.56. The van der Waals surface area contributed by atoms with Crippen LogP contribution in [0.1, 0.15) is 5.56 Å². The number of hydrogen-bond acceptors (Lipinski definition) is 6. The summed E-state index contributed by atoms with van der Waals surface area (Å²) in [6, 6.07) is 11.4. The molecule has 0 unspecified atom stereocenters. The van der Waals surface area contributed by atoms with Crippen LogP contribution in [0.2, 0.25) is 0 Å². The molecule has 0 radical (unpaired) electrons. The van der Waals surface area contributed by atoms with Crippen LogP contribution in [-0.4, -0.2) is 31.2 Å². The highest BCUT2D eigenvalue weighted by atomic mass is 32.2. The molecule has 7 nitrogen and oxygen atoms in total. The number of carbonyl (C=O) groups excluding carboxylic acids is 1. The van der Waals surface area contributed by atoms with Gasteiger partial charge in [0.15, 0.2) is 0 Å². The molecule has 22 heavy (non-hydrogen) atoms. The highest BCUT2D eigenvalue weighted by Gasteiger charge is 2.08. The van der Waals surface area contributed by atoms with Crippen LogP contribution in [-0.2, 0) is 16.2 Å². The number of nitrogens with zero attached hydrogens (tertiary/aromatic N) is 4. The van der Waals surface area contributed by atoms with Crippen molar-refractivity contribution in [2.45, 2.75) is 11.8 Å². The van der Waals surface area contributed by atoms with Gasteiger partial charge in [-0.05, 0) is 11.6 Å². The van der Waals surface area contributed by atoms with Crippen LogP contribution in [0.5, 0.6) is 0 Å². The first kappa shape index (κ1) is 14.5. The van der Waals surface area contributed by atoms with Crippen LogP contribution in [0.25, 0.3) is 5.78 Å². The SMILES string of the molecule is O=C(CSc1nc2ncccn2n1)NOCc1ccccc1. The molecule has 3 rings (SSSR count). The van der Waals surface area contributed by atoms with Crippen molar-refractivity contribution in [3.8, 4) is 0 Å². The highest BCUT2D eigenvalue weighted by molar-refractivity contribution is 7.99. The number of benzene rings is 1. The average molecular weight is 315 g/mol. The van der Waals surface area contributed by atoms with Crippen molar-refractivity contribution in [1.29, 1.82) is 0 Å². The molecule has 0 atom stereocenters. The standard InChI is InChI=1S/C14H13N5O2S/c20-12(18-21-9-11-5-2-1-3-6-11)10-22-14-16-13-15-7-4-8-19(13)17-14/h1-8H,9-10H2,(H,18,20). The monoisotopic (exact) mass is 315 g/mol. The van der Waals surface area contributed by atoms with Gasteiger partial charge in [-0.2, -0.15) is 4.98 Å². The van der Waals surface area contributed by atoms with Crippen molar-refractivity contribution >= 4 is 23.4 Å². The van der Waals surface area contributed by atoms with Crippen molar-refractivity contribution in [2.24, 2.45) is 0 Å². The molecule has 1 amide bonds. The number of hydroxylamine groups is 1. The third-order valence-corrected chi connectivity index (χ3v) is 3.53. The van der Waals surface area contributed by atoms with E-state index in [1.807, 2.05) is 30.3 Å².